The van der Waals surface area contributed by atoms with Crippen LogP contribution in [0.3, 0.4) is 0 Å². The summed E-state index contributed by atoms with van der Waals surface area (Å²) in [5.74, 6) is 0. The smallest absolute Gasteiger partial charge is 0.0221 e. The molecular formula is C26H58N8. The second-order valence-electron chi connectivity index (χ2n) is 10.6. The van der Waals surface area contributed by atoms with Crippen molar-refractivity contribution in [3.8, 4) is 0 Å². The number of nitrogens with one attached hydrogen (secondary N) is 5. The lowest BCUT2D eigenvalue weighted by atomic mass is 9.90. The number of hydrogen-bond acceptors (Lipinski definition) is 8. The van der Waals surface area contributed by atoms with Crippen molar-refractivity contribution < 1.29 is 0 Å². The predicted octanol–water partition coefficient (Wildman–Crippen LogP) is 0.752. The molecule has 0 aromatic heterocycles. The van der Waals surface area contributed by atoms with E-state index in [9.17, 15) is 0 Å². The van der Waals surface area contributed by atoms with E-state index in [1.165, 1.54) is 64.2 Å². The summed E-state index contributed by atoms with van der Waals surface area (Å²) in [6, 6.07) is 2.64. The highest BCUT2D eigenvalue weighted by molar-refractivity contribution is 4.89. The van der Waals surface area contributed by atoms with Gasteiger partial charge in [-0.15, -0.1) is 0 Å². The summed E-state index contributed by atoms with van der Waals surface area (Å²) in [4.78, 5) is 0. The minimum atomic E-state index is 0.480. The molecule has 1 saturated carbocycles. The van der Waals surface area contributed by atoms with E-state index in [1.54, 1.807) is 0 Å². The summed E-state index contributed by atoms with van der Waals surface area (Å²) >= 11 is 0. The number of fused-ring (bicyclic) bond motifs is 1. The first kappa shape index (κ1) is 29.9. The molecule has 11 N–H and O–H groups in total. The standard InChI is InChI=1S/C26H58N8/c27-14-6-3-9-22-19-32-23(10-4-7-15-28)20-33-24(11-5-8-16-29)21-34-26-13-2-1-12-25(26)31-18-17-30-22/h22-26,30-34H,1-21,27-29H2/t22-,23+,24-,25?,26?/m0/s1. The van der Waals surface area contributed by atoms with Crippen LogP contribution in [0.5, 0.6) is 0 Å². The molecule has 1 aliphatic heterocycles. The first-order valence-corrected chi connectivity index (χ1v) is 14.5. The maximum atomic E-state index is 5.79. The van der Waals surface area contributed by atoms with Gasteiger partial charge < -0.3 is 43.8 Å². The zero-order valence-electron chi connectivity index (χ0n) is 22.0. The molecule has 5 atom stereocenters. The third-order valence-electron chi connectivity index (χ3n) is 7.68. The quantitative estimate of drug-likeness (QED) is 0.191. The molecular weight excluding hydrogens is 424 g/mol. The molecule has 34 heavy (non-hydrogen) atoms. The minimum Gasteiger partial charge on any atom is -0.330 e. The largest absolute Gasteiger partial charge is 0.330 e. The van der Waals surface area contributed by atoms with Crippen molar-refractivity contribution in [1.82, 2.24) is 26.6 Å². The summed E-state index contributed by atoms with van der Waals surface area (Å²) < 4.78 is 0. The average molecular weight is 483 g/mol. The molecule has 0 aromatic rings. The molecule has 2 unspecified atom stereocenters. The Labute approximate surface area is 210 Å². The van der Waals surface area contributed by atoms with Gasteiger partial charge in [-0.3, -0.25) is 0 Å². The third kappa shape index (κ3) is 13.1. The predicted molar refractivity (Wildman–Crippen MR) is 146 cm³/mol. The molecule has 1 saturated heterocycles. The highest BCUT2D eigenvalue weighted by Gasteiger charge is 2.25. The van der Waals surface area contributed by atoms with Gasteiger partial charge in [-0.1, -0.05) is 32.1 Å². The highest BCUT2D eigenvalue weighted by Crippen LogP contribution is 2.19. The Kier molecular flexibility index (Phi) is 17.4. The van der Waals surface area contributed by atoms with Gasteiger partial charge in [0.2, 0.25) is 0 Å². The van der Waals surface area contributed by atoms with E-state index in [1.807, 2.05) is 0 Å². The maximum absolute atomic E-state index is 5.79. The summed E-state index contributed by atoms with van der Waals surface area (Å²) in [5.41, 5.74) is 17.3. The third-order valence-corrected chi connectivity index (χ3v) is 7.68. The van der Waals surface area contributed by atoms with Crippen LogP contribution in [0.2, 0.25) is 0 Å². The lowest BCUT2D eigenvalue weighted by Gasteiger charge is -2.34. The van der Waals surface area contributed by atoms with E-state index in [0.29, 0.717) is 30.2 Å². The summed E-state index contributed by atoms with van der Waals surface area (Å²) in [6.07, 6.45) is 15.7. The van der Waals surface area contributed by atoms with Gasteiger partial charge in [0, 0.05) is 62.9 Å². The minimum absolute atomic E-state index is 0.480. The van der Waals surface area contributed by atoms with Gasteiger partial charge in [-0.05, 0) is 71.0 Å². The Hall–Kier alpha value is -0.320. The van der Waals surface area contributed by atoms with Crippen LogP contribution in [0, 0.1) is 0 Å². The molecule has 1 heterocycles. The molecule has 0 amide bonds. The zero-order valence-corrected chi connectivity index (χ0v) is 22.0. The molecule has 1 aliphatic carbocycles. The van der Waals surface area contributed by atoms with E-state index in [4.69, 9.17) is 17.2 Å². The summed E-state index contributed by atoms with van der Waals surface area (Å²) in [7, 11) is 0. The molecule has 202 valence electrons. The van der Waals surface area contributed by atoms with Crippen LogP contribution >= 0.6 is 0 Å². The molecule has 0 spiro atoms. The second-order valence-corrected chi connectivity index (χ2v) is 10.6. The number of unbranched alkanes of at least 4 members (excludes halogenated alkanes) is 3. The van der Waals surface area contributed by atoms with Crippen LogP contribution in [0.25, 0.3) is 0 Å². The Morgan fingerprint density at radius 3 is 1.38 bits per heavy atom. The topological polar surface area (TPSA) is 138 Å². The monoisotopic (exact) mass is 482 g/mol. The highest BCUT2D eigenvalue weighted by atomic mass is 15.1. The van der Waals surface area contributed by atoms with Crippen molar-refractivity contribution in [3.63, 3.8) is 0 Å². The first-order chi connectivity index (χ1) is 16.8. The molecule has 2 fully saturated rings. The van der Waals surface area contributed by atoms with Gasteiger partial charge in [0.15, 0.2) is 0 Å². The van der Waals surface area contributed by atoms with Crippen LogP contribution in [-0.2, 0) is 0 Å². The van der Waals surface area contributed by atoms with Gasteiger partial charge >= 0.3 is 0 Å². The molecule has 0 radical (unpaired) electrons. The SMILES string of the molecule is NCCCC[C@@H]1CN[C@@H](CCCCN)CNC2CCCCC2NCCN[C@@H](CCCCN)CN1. The summed E-state index contributed by atoms with van der Waals surface area (Å²) in [5, 5.41) is 19.5. The van der Waals surface area contributed by atoms with Crippen molar-refractivity contribution in [1.29, 1.82) is 0 Å². The van der Waals surface area contributed by atoms with Crippen LogP contribution < -0.4 is 43.8 Å². The van der Waals surface area contributed by atoms with Crippen molar-refractivity contribution in [3.05, 3.63) is 0 Å². The number of rotatable bonds is 12. The second kappa shape index (κ2) is 19.8. The average Bonchev–Trinajstić information content (AvgIpc) is 2.86. The molecule has 2 rings (SSSR count). The normalized spacial score (nSPS) is 30.3. The Balaban J connectivity index is 2.03. The molecule has 0 bridgehead atoms. The zero-order chi connectivity index (χ0) is 24.3. The maximum Gasteiger partial charge on any atom is 0.0221 e. The van der Waals surface area contributed by atoms with Crippen LogP contribution in [0.15, 0.2) is 0 Å². The molecule has 2 aliphatic rings. The van der Waals surface area contributed by atoms with E-state index < -0.39 is 0 Å². The van der Waals surface area contributed by atoms with Gasteiger partial charge in [0.05, 0.1) is 0 Å². The van der Waals surface area contributed by atoms with Gasteiger partial charge in [0.1, 0.15) is 0 Å². The fraction of sp³-hybridized carbons (Fsp3) is 1.00. The van der Waals surface area contributed by atoms with Gasteiger partial charge in [-0.2, -0.15) is 0 Å². The molecule has 0 aromatic carbocycles. The van der Waals surface area contributed by atoms with Crippen LogP contribution in [0.1, 0.15) is 83.5 Å². The molecule has 8 nitrogen and oxygen atoms in total. The van der Waals surface area contributed by atoms with Gasteiger partial charge in [-0.25, -0.2) is 0 Å². The van der Waals surface area contributed by atoms with Crippen molar-refractivity contribution in [2.24, 2.45) is 17.2 Å². The van der Waals surface area contributed by atoms with E-state index >= 15 is 0 Å². The van der Waals surface area contributed by atoms with Crippen molar-refractivity contribution >= 4 is 0 Å². The van der Waals surface area contributed by atoms with E-state index in [-0.39, 0.29) is 0 Å². The van der Waals surface area contributed by atoms with Crippen LogP contribution in [0.4, 0.5) is 0 Å². The lowest BCUT2D eigenvalue weighted by Crippen LogP contribution is -2.54. The Morgan fingerprint density at radius 2 is 0.882 bits per heavy atom. The van der Waals surface area contributed by atoms with E-state index in [0.717, 1.165) is 71.6 Å². The Bertz CT molecular complexity index is 466. The molecule has 8 heteroatoms. The number of hydrogen-bond donors (Lipinski definition) is 8. The van der Waals surface area contributed by atoms with Gasteiger partial charge in [0.25, 0.3) is 0 Å². The van der Waals surface area contributed by atoms with E-state index in [2.05, 4.69) is 26.6 Å². The fourth-order valence-electron chi connectivity index (χ4n) is 5.50. The van der Waals surface area contributed by atoms with Crippen LogP contribution in [-0.4, -0.2) is 82.6 Å². The number of nitrogens with two attached hydrogens (primary N) is 3. The van der Waals surface area contributed by atoms with Crippen molar-refractivity contribution in [2.45, 2.75) is 114 Å². The fourth-order valence-corrected chi connectivity index (χ4v) is 5.50. The lowest BCUT2D eigenvalue weighted by molar-refractivity contribution is 0.271. The summed E-state index contributed by atoms with van der Waals surface area (Å²) in [6.45, 7) is 7.49. The Morgan fingerprint density at radius 1 is 0.471 bits per heavy atom. The first-order valence-electron chi connectivity index (χ1n) is 14.5. The van der Waals surface area contributed by atoms with Crippen molar-refractivity contribution in [2.75, 3.05) is 52.4 Å².